The lowest BCUT2D eigenvalue weighted by Gasteiger charge is -2.23. The quantitative estimate of drug-likeness (QED) is 0.684. The van der Waals surface area contributed by atoms with E-state index >= 15 is 0 Å². The molecule has 0 saturated carbocycles. The number of amides is 2. The van der Waals surface area contributed by atoms with Crippen LogP contribution in [0.25, 0.3) is 0 Å². The van der Waals surface area contributed by atoms with E-state index in [0.717, 1.165) is 19.4 Å². The molecule has 0 aromatic rings. The van der Waals surface area contributed by atoms with Crippen molar-refractivity contribution in [2.45, 2.75) is 32.2 Å². The first-order valence-corrected chi connectivity index (χ1v) is 7.65. The Labute approximate surface area is 125 Å². The smallest absolute Gasteiger partial charge is 0.243 e. The van der Waals surface area contributed by atoms with E-state index in [1.807, 2.05) is 7.05 Å². The van der Waals surface area contributed by atoms with Crippen LogP contribution in [0.3, 0.4) is 0 Å². The SMILES string of the molecule is CCCCC(=O)N1CSCC1C(=O)NCCNC.Cl. The summed E-state index contributed by atoms with van der Waals surface area (Å²) in [6, 6.07) is -0.281. The summed E-state index contributed by atoms with van der Waals surface area (Å²) in [5.74, 6) is 1.44. The Hall–Kier alpha value is -0.460. The molecular formula is C12H24ClN3O2S. The predicted molar refractivity (Wildman–Crippen MR) is 81.7 cm³/mol. The molecule has 1 aliphatic heterocycles. The standard InChI is InChI=1S/C12H23N3O2S.ClH/c1-3-4-5-11(16)15-9-18-8-10(15)12(17)14-7-6-13-2;/h10,13H,3-9H2,1-2H3,(H,14,17);1H. The molecule has 0 aromatic heterocycles. The molecule has 5 nitrogen and oxygen atoms in total. The maximum absolute atomic E-state index is 12.0. The van der Waals surface area contributed by atoms with Gasteiger partial charge < -0.3 is 15.5 Å². The third kappa shape index (κ3) is 6.01. The van der Waals surface area contributed by atoms with Crippen LogP contribution in [0.5, 0.6) is 0 Å². The number of hydrogen-bond acceptors (Lipinski definition) is 4. The van der Waals surface area contributed by atoms with Gasteiger partial charge in [0.15, 0.2) is 0 Å². The van der Waals surface area contributed by atoms with E-state index in [4.69, 9.17) is 0 Å². The second-order valence-electron chi connectivity index (χ2n) is 4.38. The number of likely N-dealkylation sites (N-methyl/N-ethyl adjacent to an activating group) is 1. The van der Waals surface area contributed by atoms with Crippen LogP contribution in [0.2, 0.25) is 0 Å². The molecule has 1 fully saturated rings. The van der Waals surface area contributed by atoms with Crippen molar-refractivity contribution in [1.82, 2.24) is 15.5 Å². The summed E-state index contributed by atoms with van der Waals surface area (Å²) in [6.45, 7) is 3.41. The van der Waals surface area contributed by atoms with Gasteiger partial charge in [0.25, 0.3) is 0 Å². The first kappa shape index (κ1) is 18.5. The van der Waals surface area contributed by atoms with Crippen molar-refractivity contribution in [3.63, 3.8) is 0 Å². The summed E-state index contributed by atoms with van der Waals surface area (Å²) < 4.78 is 0. The molecule has 0 bridgehead atoms. The average Bonchev–Trinajstić information content (AvgIpc) is 2.85. The van der Waals surface area contributed by atoms with Gasteiger partial charge in [-0.05, 0) is 13.5 Å². The fourth-order valence-corrected chi connectivity index (χ4v) is 2.99. The van der Waals surface area contributed by atoms with Gasteiger partial charge in [-0.2, -0.15) is 0 Å². The molecule has 1 heterocycles. The number of nitrogens with zero attached hydrogens (tertiary/aromatic N) is 1. The highest BCUT2D eigenvalue weighted by Gasteiger charge is 2.33. The first-order valence-electron chi connectivity index (χ1n) is 6.50. The van der Waals surface area contributed by atoms with Crippen LogP contribution >= 0.6 is 24.2 Å². The fourth-order valence-electron chi connectivity index (χ4n) is 1.81. The summed E-state index contributed by atoms with van der Waals surface area (Å²) in [6.07, 6.45) is 2.46. The summed E-state index contributed by atoms with van der Waals surface area (Å²) >= 11 is 1.65. The van der Waals surface area contributed by atoms with Gasteiger partial charge in [0.05, 0.1) is 5.88 Å². The van der Waals surface area contributed by atoms with E-state index in [1.165, 1.54) is 0 Å². The molecule has 0 aliphatic carbocycles. The van der Waals surface area contributed by atoms with Crippen molar-refractivity contribution in [2.24, 2.45) is 0 Å². The van der Waals surface area contributed by atoms with Crippen molar-refractivity contribution in [1.29, 1.82) is 0 Å². The highest BCUT2D eigenvalue weighted by molar-refractivity contribution is 7.99. The van der Waals surface area contributed by atoms with Gasteiger partial charge in [0.1, 0.15) is 6.04 Å². The Bertz CT molecular complexity index is 292. The first-order chi connectivity index (χ1) is 8.70. The van der Waals surface area contributed by atoms with E-state index < -0.39 is 0 Å². The molecule has 2 N–H and O–H groups in total. The van der Waals surface area contributed by atoms with Crippen molar-refractivity contribution in [2.75, 3.05) is 31.8 Å². The predicted octanol–water partition coefficient (Wildman–Crippen LogP) is 0.836. The molecule has 1 aliphatic rings. The summed E-state index contributed by atoms with van der Waals surface area (Å²) in [4.78, 5) is 25.6. The number of rotatable bonds is 7. The van der Waals surface area contributed by atoms with Gasteiger partial charge in [-0.25, -0.2) is 0 Å². The molecule has 19 heavy (non-hydrogen) atoms. The molecule has 112 valence electrons. The molecule has 1 unspecified atom stereocenters. The zero-order chi connectivity index (χ0) is 13.4. The minimum Gasteiger partial charge on any atom is -0.353 e. The van der Waals surface area contributed by atoms with Crippen LogP contribution in [0.4, 0.5) is 0 Å². The molecule has 1 rings (SSSR count). The number of carbonyl (C=O) groups excluding carboxylic acids is 2. The van der Waals surface area contributed by atoms with E-state index in [-0.39, 0.29) is 30.3 Å². The van der Waals surface area contributed by atoms with E-state index in [0.29, 0.717) is 24.6 Å². The van der Waals surface area contributed by atoms with Crippen LogP contribution in [0.1, 0.15) is 26.2 Å². The Kier molecular flexibility index (Phi) is 10.1. The number of carbonyl (C=O) groups is 2. The average molecular weight is 310 g/mol. The number of nitrogens with one attached hydrogen (secondary N) is 2. The van der Waals surface area contributed by atoms with E-state index in [2.05, 4.69) is 17.6 Å². The van der Waals surface area contributed by atoms with Crippen molar-refractivity contribution in [3.05, 3.63) is 0 Å². The third-order valence-electron chi connectivity index (χ3n) is 2.92. The largest absolute Gasteiger partial charge is 0.353 e. The molecule has 1 saturated heterocycles. The van der Waals surface area contributed by atoms with Crippen LogP contribution in [-0.2, 0) is 9.59 Å². The molecule has 7 heteroatoms. The van der Waals surface area contributed by atoms with Gasteiger partial charge in [-0.15, -0.1) is 24.2 Å². The molecule has 0 radical (unpaired) electrons. The molecule has 2 amide bonds. The lowest BCUT2D eigenvalue weighted by molar-refractivity contribution is -0.138. The second-order valence-corrected chi connectivity index (χ2v) is 5.38. The number of hydrogen-bond donors (Lipinski definition) is 2. The van der Waals surface area contributed by atoms with Gasteiger partial charge >= 0.3 is 0 Å². The lowest BCUT2D eigenvalue weighted by Crippen LogP contribution is -2.48. The molecular weight excluding hydrogens is 286 g/mol. The molecule has 0 aromatic carbocycles. The van der Waals surface area contributed by atoms with Crippen molar-refractivity contribution in [3.8, 4) is 0 Å². The fraction of sp³-hybridized carbons (Fsp3) is 0.833. The van der Waals surface area contributed by atoms with Crippen molar-refractivity contribution >= 4 is 36.0 Å². The highest BCUT2D eigenvalue weighted by atomic mass is 35.5. The molecule has 1 atom stereocenters. The number of thioether (sulfide) groups is 1. The zero-order valence-corrected chi connectivity index (χ0v) is 13.2. The Morgan fingerprint density at radius 1 is 1.37 bits per heavy atom. The van der Waals surface area contributed by atoms with E-state index in [9.17, 15) is 9.59 Å². The molecule has 0 spiro atoms. The van der Waals surface area contributed by atoms with Gasteiger partial charge in [-0.3, -0.25) is 9.59 Å². The van der Waals surface area contributed by atoms with E-state index in [1.54, 1.807) is 16.7 Å². The van der Waals surface area contributed by atoms with Gasteiger partial charge in [0, 0.05) is 25.3 Å². The summed E-state index contributed by atoms with van der Waals surface area (Å²) in [5.41, 5.74) is 0. The number of halogens is 1. The number of unbranched alkanes of at least 4 members (excludes halogenated alkanes) is 1. The minimum absolute atomic E-state index is 0. The van der Waals surface area contributed by atoms with Gasteiger partial charge in [-0.1, -0.05) is 13.3 Å². The minimum atomic E-state index is -0.281. The Morgan fingerprint density at radius 2 is 2.11 bits per heavy atom. The van der Waals surface area contributed by atoms with Gasteiger partial charge in [0.2, 0.25) is 11.8 Å². The second kappa shape index (κ2) is 10.3. The van der Waals surface area contributed by atoms with Crippen LogP contribution in [0.15, 0.2) is 0 Å². The van der Waals surface area contributed by atoms with Crippen LogP contribution in [-0.4, -0.2) is 54.5 Å². The normalized spacial score (nSPS) is 18.0. The van der Waals surface area contributed by atoms with Crippen LogP contribution < -0.4 is 10.6 Å². The summed E-state index contributed by atoms with van der Waals surface area (Å²) in [5, 5.41) is 5.83. The summed E-state index contributed by atoms with van der Waals surface area (Å²) in [7, 11) is 1.85. The lowest BCUT2D eigenvalue weighted by atomic mass is 10.2. The third-order valence-corrected chi connectivity index (χ3v) is 3.94. The monoisotopic (exact) mass is 309 g/mol. The highest BCUT2D eigenvalue weighted by Crippen LogP contribution is 2.22. The van der Waals surface area contributed by atoms with Crippen LogP contribution in [0, 0.1) is 0 Å². The maximum Gasteiger partial charge on any atom is 0.243 e. The Morgan fingerprint density at radius 3 is 2.74 bits per heavy atom. The maximum atomic E-state index is 12.0. The van der Waals surface area contributed by atoms with Crippen molar-refractivity contribution < 1.29 is 9.59 Å². The Balaban J connectivity index is 0.00000324. The topological polar surface area (TPSA) is 61.4 Å². The zero-order valence-electron chi connectivity index (χ0n) is 11.6.